The quantitative estimate of drug-likeness (QED) is 0.213. The Labute approximate surface area is 254 Å². The van der Waals surface area contributed by atoms with Crippen molar-refractivity contribution in [1.29, 1.82) is 0 Å². The van der Waals surface area contributed by atoms with E-state index in [9.17, 15) is 23.2 Å². The van der Waals surface area contributed by atoms with Gasteiger partial charge in [0.15, 0.2) is 6.10 Å². The predicted molar refractivity (Wildman–Crippen MR) is 163 cm³/mol. The van der Waals surface area contributed by atoms with E-state index >= 15 is 0 Å². The van der Waals surface area contributed by atoms with Crippen LogP contribution in [0.15, 0.2) is 84.9 Å². The van der Waals surface area contributed by atoms with Crippen LogP contribution in [0, 0.1) is 0 Å². The predicted octanol–water partition coefficient (Wildman–Crippen LogP) is 2.47. The van der Waals surface area contributed by atoms with E-state index in [0.29, 0.717) is 11.3 Å². The van der Waals surface area contributed by atoms with Crippen molar-refractivity contribution in [3.63, 3.8) is 0 Å². The highest BCUT2D eigenvalue weighted by Gasteiger charge is 2.64. The average molecular weight is 633 g/mol. The fourth-order valence-electron chi connectivity index (χ4n) is 5.64. The number of rotatable bonds is 11. The van der Waals surface area contributed by atoms with Crippen LogP contribution in [-0.4, -0.2) is 81.9 Å². The maximum Gasteiger partial charge on any atom is 0.329 e. The molecule has 0 radical (unpaired) electrons. The zero-order valence-corrected chi connectivity index (χ0v) is 26.7. The first kappa shape index (κ1) is 33.2. The van der Waals surface area contributed by atoms with Crippen LogP contribution < -0.4 is 15.1 Å². The highest BCUT2D eigenvalue weighted by molar-refractivity contribution is 7.87. The Kier molecular flexibility index (Phi) is 10.2. The molecule has 0 spiro atoms. The molecule has 0 bridgehead atoms. The average Bonchev–Trinajstić information content (AvgIpc) is 2.99. The number of aliphatic hydroxyl groups is 2. The molecule has 3 N–H and O–H groups in total. The third-order valence-corrected chi connectivity index (χ3v) is 14.0. The Morgan fingerprint density at radius 2 is 1.40 bits per heavy atom. The first-order valence-electron chi connectivity index (χ1n) is 13.9. The van der Waals surface area contributed by atoms with Gasteiger partial charge in [-0.15, -0.1) is 0 Å². The Bertz CT molecular complexity index is 1390. The van der Waals surface area contributed by atoms with Gasteiger partial charge in [0.05, 0.1) is 20.3 Å². The van der Waals surface area contributed by atoms with Crippen LogP contribution in [-0.2, 0) is 35.4 Å². The maximum atomic E-state index is 12.8. The van der Waals surface area contributed by atoms with Crippen LogP contribution in [0.4, 0.5) is 0 Å². The molecule has 1 aliphatic heterocycles. The number of ether oxygens (including phenoxy) is 4. The lowest BCUT2D eigenvalue weighted by Crippen LogP contribution is -2.71. The molecule has 3 aromatic carbocycles. The lowest BCUT2D eigenvalue weighted by molar-refractivity contribution is -0.328. The monoisotopic (exact) mass is 632 g/mol. The fourth-order valence-corrected chi connectivity index (χ4v) is 11.2. The summed E-state index contributed by atoms with van der Waals surface area (Å²) < 4.78 is 64.9. The number of hydrogen-bond donors (Lipinski definition) is 3. The van der Waals surface area contributed by atoms with E-state index in [-0.39, 0.29) is 13.2 Å². The van der Waals surface area contributed by atoms with Gasteiger partial charge in [-0.05, 0) is 33.1 Å². The second-order valence-electron chi connectivity index (χ2n) is 11.5. The van der Waals surface area contributed by atoms with Gasteiger partial charge in [0.1, 0.15) is 24.1 Å². The van der Waals surface area contributed by atoms with Crippen molar-refractivity contribution in [2.45, 2.75) is 62.0 Å². The molecule has 1 aliphatic rings. The summed E-state index contributed by atoms with van der Waals surface area (Å²) in [5, 5.41) is 21.1. The van der Waals surface area contributed by atoms with Crippen molar-refractivity contribution in [2.75, 3.05) is 20.8 Å². The molecule has 12 heteroatoms. The minimum atomic E-state index is -5.18. The van der Waals surface area contributed by atoms with Gasteiger partial charge < -0.3 is 33.6 Å². The number of benzene rings is 3. The fraction of sp³-hybridized carbons (Fsp3) is 0.419. The summed E-state index contributed by atoms with van der Waals surface area (Å²) in [6.07, 6.45) is -6.71. The van der Waals surface area contributed by atoms with Gasteiger partial charge in [-0.1, -0.05) is 93.6 Å². The summed E-state index contributed by atoms with van der Waals surface area (Å²) in [5.74, 6) is 0.605. The number of methoxy groups -OCH3 is 2. The van der Waals surface area contributed by atoms with Crippen LogP contribution in [0.25, 0.3) is 0 Å². The molecular formula is C31H40O10SSi. The van der Waals surface area contributed by atoms with Crippen LogP contribution in [0.5, 0.6) is 5.75 Å². The van der Waals surface area contributed by atoms with Crippen molar-refractivity contribution in [3.8, 4) is 5.75 Å². The van der Waals surface area contributed by atoms with E-state index in [1.807, 2.05) is 60.7 Å². The van der Waals surface area contributed by atoms with Gasteiger partial charge in [0.25, 0.3) is 8.32 Å². The van der Waals surface area contributed by atoms with Crippen molar-refractivity contribution in [3.05, 3.63) is 90.5 Å². The summed E-state index contributed by atoms with van der Waals surface area (Å²) in [6, 6.07) is 26.2. The molecule has 3 aromatic rings. The van der Waals surface area contributed by atoms with E-state index in [4.69, 9.17) is 23.4 Å². The summed E-state index contributed by atoms with van der Waals surface area (Å²) in [7, 11) is -5.78. The highest BCUT2D eigenvalue weighted by Crippen LogP contribution is 2.40. The number of hydrogen-bond acceptors (Lipinski definition) is 9. The second kappa shape index (κ2) is 13.1. The van der Waals surface area contributed by atoms with Crippen LogP contribution >= 0.6 is 0 Å². The van der Waals surface area contributed by atoms with Crippen LogP contribution in [0.2, 0.25) is 5.04 Å². The van der Waals surface area contributed by atoms with Crippen LogP contribution in [0.3, 0.4) is 0 Å². The van der Waals surface area contributed by atoms with E-state index in [1.165, 1.54) is 7.11 Å². The smallest absolute Gasteiger partial charge is 0.329 e. The van der Waals surface area contributed by atoms with Gasteiger partial charge in [-0.25, -0.2) is 0 Å². The van der Waals surface area contributed by atoms with Gasteiger partial charge in [0.2, 0.25) is 0 Å². The molecule has 0 aromatic heterocycles. The molecule has 43 heavy (non-hydrogen) atoms. The van der Waals surface area contributed by atoms with E-state index < -0.39 is 53.0 Å². The molecule has 5 atom stereocenters. The third-order valence-electron chi connectivity index (χ3n) is 7.82. The molecule has 4 rings (SSSR count). The Balaban J connectivity index is 1.69. The molecule has 1 heterocycles. The minimum Gasteiger partial charge on any atom is -0.497 e. The first-order valence-corrected chi connectivity index (χ1v) is 17.2. The maximum absolute atomic E-state index is 12.8. The Hall–Kier alpha value is -2.65. The molecule has 0 saturated carbocycles. The SMILES string of the molecule is COc1ccc(CO[C@@H]2[C@@H](O)[C@@H](O)[C@@H](CO[Si](c3ccccc3)(c3ccccc3)C(C)(C)C)O[C@]2(OC)S(=O)(=O)O)cc1. The second-order valence-corrected chi connectivity index (χ2v) is 17.3. The van der Waals surface area contributed by atoms with E-state index in [2.05, 4.69) is 20.8 Å². The number of aliphatic hydroxyl groups excluding tert-OH is 2. The van der Waals surface area contributed by atoms with Gasteiger partial charge in [-0.3, -0.25) is 4.55 Å². The molecule has 1 fully saturated rings. The topological polar surface area (TPSA) is 141 Å². The zero-order valence-electron chi connectivity index (χ0n) is 24.9. The summed E-state index contributed by atoms with van der Waals surface area (Å²) in [4.78, 5) is 0. The van der Waals surface area contributed by atoms with Gasteiger partial charge in [0, 0.05) is 7.11 Å². The Morgan fingerprint density at radius 1 is 0.860 bits per heavy atom. The lowest BCUT2D eigenvalue weighted by atomic mass is 9.98. The van der Waals surface area contributed by atoms with Crippen molar-refractivity contribution in [1.82, 2.24) is 0 Å². The largest absolute Gasteiger partial charge is 0.497 e. The normalized spacial score (nSPS) is 24.9. The first-order chi connectivity index (χ1) is 20.3. The zero-order chi connectivity index (χ0) is 31.5. The van der Waals surface area contributed by atoms with Crippen molar-refractivity contribution < 1.29 is 46.6 Å². The summed E-state index contributed by atoms with van der Waals surface area (Å²) in [5.41, 5.74) is 0.611. The summed E-state index contributed by atoms with van der Waals surface area (Å²) >= 11 is 0. The van der Waals surface area contributed by atoms with Gasteiger partial charge >= 0.3 is 15.2 Å². The lowest BCUT2D eigenvalue weighted by Gasteiger charge is -2.49. The van der Waals surface area contributed by atoms with Gasteiger partial charge in [-0.2, -0.15) is 8.42 Å². The van der Waals surface area contributed by atoms with Crippen molar-refractivity contribution >= 4 is 28.8 Å². The molecule has 0 unspecified atom stereocenters. The van der Waals surface area contributed by atoms with E-state index in [0.717, 1.165) is 17.5 Å². The molecule has 234 valence electrons. The molecule has 10 nitrogen and oxygen atoms in total. The minimum absolute atomic E-state index is 0.189. The Morgan fingerprint density at radius 3 is 1.84 bits per heavy atom. The summed E-state index contributed by atoms with van der Waals surface area (Å²) in [6.45, 7) is 5.68. The molecular weight excluding hydrogens is 592 g/mol. The highest BCUT2D eigenvalue weighted by atomic mass is 32.2. The van der Waals surface area contributed by atoms with E-state index in [1.54, 1.807) is 24.3 Å². The third kappa shape index (κ3) is 6.44. The molecule has 0 amide bonds. The molecule has 0 aliphatic carbocycles. The standard InChI is InChI=1S/C31H40O10SSi/c1-30(2,3)43(24-12-8-6-9-13-24,25-14-10-7-11-15-25)40-21-26-27(32)28(33)29(31(38-5,41-26)42(34,35)36)39-20-22-16-18-23(37-4)19-17-22/h6-19,26-29,32-33H,20-21H2,1-5H3,(H,34,35,36)/t26-,27+,28+,29-,31+/m1/s1. The molecule has 1 saturated heterocycles. The van der Waals surface area contributed by atoms with Crippen molar-refractivity contribution in [2.24, 2.45) is 0 Å². The van der Waals surface area contributed by atoms with Crippen LogP contribution in [0.1, 0.15) is 26.3 Å².